The number of carboxylic acids is 1. The minimum Gasteiger partial charge on any atom is -1.00 e. The van der Waals surface area contributed by atoms with Crippen LogP contribution in [0.1, 0.15) is 212 Å². The Morgan fingerprint density at radius 2 is 0.816 bits per heavy atom. The number of nitrogens with zero attached hydrogens (tertiary/aromatic N) is 17. The number of ether oxygens (including phenoxy) is 1. The standard InChI is InChI=1S/2C14H17N5O3.C8H11NO3.C8H13NO.C7H8N4O2.C7H9NO3.C7H11NO2.CH3ClO2S.CH4O.CH4.Al.Cl2OS.Li.4H/c2*1-8(2)11-9(5-16-22-11)6-19-13(20)10-12(15-7-17(10)3)18(4)14(19)21;1-5(2)7-6(4-9-12-7)8(10)11-3;1-4-7-5-9-10-8(7)6(2)3;1-10-3-8-5-4(10)6(12)9-7(13)11(5)2;1-4(2)6-5(7(9)10)3-8-11-6;1-5(2)7-6(4-9)3-8-10-7;1-5(2,3)4;1-2;;;1-4(2)3;;;;;/h2*5,7-8H,6H2,1-4H3;4-5H,1-3H3;5-6H,4H2,1-3H3;3H,1-2H3,(H,9,12,13);3-4H,1-2H3,(H,9,10);3,5,9H,4H2,1-2H3;1H3;2H,1H3;1H4;;;;;;;/q;;;;;;;;;;;;+1;;;;-1. The van der Waals surface area contributed by atoms with Crippen molar-refractivity contribution in [3.8, 4) is 0 Å². The smallest absolute Gasteiger partial charge is 1.00 e. The van der Waals surface area contributed by atoms with Gasteiger partial charge in [-0.2, -0.15) is 0 Å². The largest absolute Gasteiger partial charge is 1.00 e. The van der Waals surface area contributed by atoms with Crippen LogP contribution >= 0.6 is 32.0 Å². The Morgan fingerprint density at radius 3 is 1.11 bits per heavy atom. The number of hydrogen-bond donors (Lipinski definition) is 4. The average molecular weight is 1710 g/mol. The maximum atomic E-state index is 12.6. The number of methoxy groups -OCH3 is 1. The maximum Gasteiger partial charge on any atom is 1.00 e. The molecule has 0 spiro atoms. The van der Waals surface area contributed by atoms with Gasteiger partial charge in [-0.1, -0.05) is 128 Å². The third-order valence-electron chi connectivity index (χ3n) is 15.3. The molecule has 0 fully saturated rings. The second-order valence-electron chi connectivity index (χ2n) is 25.5. The van der Waals surface area contributed by atoms with Crippen LogP contribution in [0.25, 0.3) is 33.5 Å². The van der Waals surface area contributed by atoms with Gasteiger partial charge in [-0.3, -0.25) is 42.2 Å². The van der Waals surface area contributed by atoms with Gasteiger partial charge in [0.15, 0.2) is 62.4 Å². The number of aliphatic hydroxyl groups is 2. The van der Waals surface area contributed by atoms with E-state index in [1.807, 2.05) is 69.2 Å². The summed E-state index contributed by atoms with van der Waals surface area (Å²) < 4.78 is 73.7. The van der Waals surface area contributed by atoms with Crippen molar-refractivity contribution in [2.24, 2.45) is 42.3 Å². The Kier molecular flexibility index (Phi) is 44.8. The van der Waals surface area contributed by atoms with E-state index in [-0.39, 0.29) is 105 Å². The minimum atomic E-state index is -3.19. The normalized spacial score (nSPS) is 10.6. The molecule has 0 bridgehead atoms. The van der Waals surface area contributed by atoms with E-state index in [0.29, 0.717) is 73.9 Å². The summed E-state index contributed by atoms with van der Waals surface area (Å²) in [6, 6.07) is 0. The Hall–Kier alpha value is -9.33. The number of rotatable bonds is 14. The van der Waals surface area contributed by atoms with Crippen LogP contribution in [0.5, 0.6) is 0 Å². The monoisotopic (exact) mass is 1710 g/mol. The van der Waals surface area contributed by atoms with Gasteiger partial charge < -0.3 is 62.3 Å². The van der Waals surface area contributed by atoms with Crippen molar-refractivity contribution < 1.29 is 89.7 Å². The number of aromatic nitrogens is 18. The third kappa shape index (κ3) is 28.9. The summed E-state index contributed by atoms with van der Waals surface area (Å²) >= 11 is 0. The van der Waals surface area contributed by atoms with E-state index in [0.717, 1.165) is 48.0 Å². The van der Waals surface area contributed by atoms with E-state index in [1.54, 1.807) is 80.8 Å². The summed E-state index contributed by atoms with van der Waals surface area (Å²) in [5, 5.41) is 46.2. The molecule has 0 amide bonds. The van der Waals surface area contributed by atoms with E-state index in [4.69, 9.17) is 46.7 Å². The van der Waals surface area contributed by atoms with Crippen molar-refractivity contribution in [3.63, 3.8) is 0 Å². The Bertz CT molecular complexity index is 5330. The van der Waals surface area contributed by atoms with Crippen LogP contribution in [0.2, 0.25) is 0 Å². The molecule has 626 valence electrons. The number of esters is 1. The van der Waals surface area contributed by atoms with Gasteiger partial charge in [0.05, 0.1) is 89.2 Å². The predicted molar refractivity (Wildman–Crippen MR) is 429 cm³/mol. The summed E-state index contributed by atoms with van der Waals surface area (Å²) in [7, 11) is 20.9. The van der Waals surface area contributed by atoms with E-state index in [2.05, 4.69) is 108 Å². The number of aromatic amines is 1. The number of imidazole rings is 3. The summed E-state index contributed by atoms with van der Waals surface area (Å²) in [5.41, 5.74) is 3.99. The van der Waals surface area contributed by atoms with Gasteiger partial charge in [-0.25, -0.2) is 51.6 Å². The van der Waals surface area contributed by atoms with E-state index < -0.39 is 52.8 Å². The number of carbonyl (C=O) groups is 2. The SMILES string of the molecule is C.CC(C)c1oncc1C(=O)O.CC(C)c1oncc1CO.CC(C)c1oncc1Cn1c(=O)c2c(ncn2C)n(C)c1=O.CC(C)c1oncc1Cn1c(=O)c2c(ncn2C)n(C)c1=O.CCc1cnoc1C(C)C.CO.COC(=O)c1cnoc1C(C)C.CS(=O)(=O)Cl.Cn1cnc2c1c(=O)[nH]c(=O)n2C.O=S(Cl)Cl.[AlH3].[H-].[Li+]. The molecular formula is C68H101AlCl3LiN18O21S2. The van der Waals surface area contributed by atoms with Crippen LogP contribution in [0.15, 0.2) is 112 Å². The van der Waals surface area contributed by atoms with Crippen LogP contribution in [0.3, 0.4) is 0 Å². The molecule has 0 aliphatic carbocycles. The molecular weight excluding hydrogens is 1610 g/mol. The third-order valence-corrected chi connectivity index (χ3v) is 15.3. The fourth-order valence-corrected chi connectivity index (χ4v) is 10.0. The van der Waals surface area contributed by atoms with Gasteiger partial charge >= 0.3 is 47.9 Å². The van der Waals surface area contributed by atoms with Gasteiger partial charge in [0.25, 0.3) is 16.7 Å². The molecule has 12 aromatic rings. The number of carbonyl (C=O) groups excluding carboxylic acids is 1. The van der Waals surface area contributed by atoms with Crippen LogP contribution < -0.4 is 52.6 Å². The number of hydrogen-bond acceptors (Lipinski definition) is 29. The first-order valence-electron chi connectivity index (χ1n) is 33.4. The Morgan fingerprint density at radius 1 is 0.535 bits per heavy atom. The summed E-state index contributed by atoms with van der Waals surface area (Å²) in [6.45, 7) is 26.0. The van der Waals surface area contributed by atoms with Gasteiger partial charge in [0.1, 0.15) is 34.2 Å². The zero-order valence-corrected chi connectivity index (χ0v) is 70.1. The molecule has 12 heterocycles. The molecule has 0 atom stereocenters. The van der Waals surface area contributed by atoms with E-state index in [1.165, 1.54) is 66.9 Å². The number of halogens is 3. The van der Waals surface area contributed by atoms with Gasteiger partial charge in [-0.15, -0.1) is 0 Å². The molecule has 0 radical (unpaired) electrons. The molecule has 0 aliphatic heterocycles. The zero-order valence-electron chi connectivity index (χ0n) is 67.2. The maximum absolute atomic E-state index is 12.6. The molecule has 12 aromatic heterocycles. The second kappa shape index (κ2) is 48.8. The van der Waals surface area contributed by atoms with E-state index in [9.17, 15) is 46.8 Å². The number of aromatic carboxylic acids is 1. The van der Waals surface area contributed by atoms with Crippen molar-refractivity contribution in [2.75, 3.05) is 20.5 Å². The first-order valence-corrected chi connectivity index (χ1v) is 38.9. The number of fused-ring (bicyclic) bond motifs is 3. The van der Waals surface area contributed by atoms with Crippen LogP contribution in [0, 0.1) is 0 Å². The Labute approximate surface area is 694 Å². The second-order valence-corrected chi connectivity index (χ2v) is 31.1. The molecule has 0 unspecified atom stereocenters. The molecule has 39 nitrogen and oxygen atoms in total. The number of H-pyrrole nitrogens is 1. The molecule has 114 heavy (non-hydrogen) atoms. The predicted octanol–water partition coefficient (Wildman–Crippen LogP) is 4.28. The van der Waals surface area contributed by atoms with Crippen LogP contribution in [0.4, 0.5) is 0 Å². The molecule has 0 saturated carbocycles. The van der Waals surface area contributed by atoms with Gasteiger partial charge in [0.2, 0.25) is 18.3 Å². The van der Waals surface area contributed by atoms with Crippen LogP contribution in [-0.2, 0) is 91.4 Å². The number of aliphatic hydroxyl groups excluding tert-OH is 2. The fourth-order valence-electron chi connectivity index (χ4n) is 10.0. The molecule has 0 saturated heterocycles. The Balaban J connectivity index is 0. The number of aryl methyl sites for hydroxylation is 7. The van der Waals surface area contributed by atoms with Gasteiger partial charge in [0, 0.05) is 139 Å². The topological polar surface area (TPSA) is 508 Å². The first-order chi connectivity index (χ1) is 52.0. The van der Waals surface area contributed by atoms with Crippen molar-refractivity contribution in [1.29, 1.82) is 0 Å². The minimum absolute atomic E-state index is 0. The summed E-state index contributed by atoms with van der Waals surface area (Å²) in [6.07, 6.45) is 15.5. The van der Waals surface area contributed by atoms with Gasteiger partial charge in [-0.05, 0) is 6.42 Å². The molecule has 0 aliphatic rings. The molecule has 4 N–H and O–H groups in total. The summed E-state index contributed by atoms with van der Waals surface area (Å²) in [5.74, 6) is 3.97. The molecule has 46 heteroatoms. The van der Waals surface area contributed by atoms with Crippen molar-refractivity contribution in [3.05, 3.63) is 187 Å². The average Bonchev–Trinajstić information content (AvgIpc) is 1.67. The number of nitrogens with one attached hydrogen (secondary N) is 1. The van der Waals surface area contributed by atoms with E-state index >= 15 is 0 Å². The quantitative estimate of drug-likeness (QED) is 0.0670. The first kappa shape index (κ1) is 105. The zero-order chi connectivity index (χ0) is 84.4. The van der Waals surface area contributed by atoms with Crippen molar-refractivity contribution in [2.45, 2.75) is 159 Å². The van der Waals surface area contributed by atoms with Crippen molar-refractivity contribution >= 4 is 113 Å². The summed E-state index contributed by atoms with van der Waals surface area (Å²) in [4.78, 5) is 108. The van der Waals surface area contributed by atoms with Crippen molar-refractivity contribution in [1.82, 2.24) is 87.4 Å². The molecule has 12 rings (SSSR count). The molecule has 0 aromatic carbocycles. The number of carboxylic acid groups (broad SMARTS) is 1. The fraction of sp³-hybridized carbons (Fsp3) is 0.485. The van der Waals surface area contributed by atoms with Crippen LogP contribution in [-0.4, -0.2) is 165 Å².